The quantitative estimate of drug-likeness (QED) is 0.0261. The molecule has 0 aliphatic carbocycles. The number of unbranched alkanes of at least 4 members (excludes halogenated alkanes) is 31. The van der Waals surface area contributed by atoms with Crippen LogP contribution in [0.5, 0.6) is 0 Å². The predicted octanol–water partition coefficient (Wildman–Crippen LogP) is 21.1. The molecule has 0 aromatic heterocycles. The molecule has 0 rings (SSSR count). The minimum absolute atomic E-state index is 0.0893. The van der Waals surface area contributed by atoms with Crippen LogP contribution in [0.15, 0.2) is 85.1 Å². The molecule has 0 unspecified atom stereocenters. The van der Waals surface area contributed by atoms with Crippen LogP contribution in [0.4, 0.5) is 0 Å². The number of hydrogen-bond acceptors (Lipinski definition) is 6. The minimum atomic E-state index is -0.794. The van der Waals surface area contributed by atoms with Gasteiger partial charge in [0.15, 0.2) is 6.10 Å². The molecular formula is C67H116O6. The molecule has 0 fully saturated rings. The Bertz CT molecular complexity index is 1400. The first-order valence-electron chi connectivity index (χ1n) is 31.1. The van der Waals surface area contributed by atoms with Crippen molar-refractivity contribution in [3.05, 3.63) is 85.1 Å². The van der Waals surface area contributed by atoms with Gasteiger partial charge in [-0.2, -0.15) is 0 Å². The van der Waals surface area contributed by atoms with E-state index in [1.54, 1.807) is 0 Å². The average Bonchev–Trinajstić information content (AvgIpc) is 3.39. The first kappa shape index (κ1) is 69.6. The molecule has 0 N–H and O–H groups in total. The van der Waals surface area contributed by atoms with Gasteiger partial charge in [-0.05, 0) is 96.3 Å². The van der Waals surface area contributed by atoms with Crippen molar-refractivity contribution in [1.29, 1.82) is 0 Å². The van der Waals surface area contributed by atoms with Crippen molar-refractivity contribution in [1.82, 2.24) is 0 Å². The van der Waals surface area contributed by atoms with Gasteiger partial charge in [-0.3, -0.25) is 14.4 Å². The van der Waals surface area contributed by atoms with Crippen LogP contribution in [0, 0.1) is 0 Å². The summed E-state index contributed by atoms with van der Waals surface area (Å²) in [6, 6.07) is 0. The maximum Gasteiger partial charge on any atom is 0.306 e. The molecular weight excluding hydrogens is 901 g/mol. The Labute approximate surface area is 452 Å². The topological polar surface area (TPSA) is 78.9 Å². The number of carbonyl (C=O) groups excluding carboxylic acids is 3. The van der Waals surface area contributed by atoms with Crippen LogP contribution in [0.1, 0.15) is 303 Å². The van der Waals surface area contributed by atoms with E-state index in [1.165, 1.54) is 154 Å². The molecule has 73 heavy (non-hydrogen) atoms. The molecule has 0 aliphatic heterocycles. The molecule has 0 amide bonds. The van der Waals surface area contributed by atoms with E-state index in [1.807, 2.05) is 0 Å². The summed E-state index contributed by atoms with van der Waals surface area (Å²) < 4.78 is 16.9. The van der Waals surface area contributed by atoms with E-state index >= 15 is 0 Å². The second kappa shape index (κ2) is 61.1. The van der Waals surface area contributed by atoms with Gasteiger partial charge in [-0.25, -0.2) is 0 Å². The third kappa shape index (κ3) is 59.3. The van der Waals surface area contributed by atoms with E-state index in [0.29, 0.717) is 19.3 Å². The normalized spacial score (nSPS) is 12.6. The lowest BCUT2D eigenvalue weighted by Crippen LogP contribution is -2.30. The fourth-order valence-electron chi connectivity index (χ4n) is 8.74. The van der Waals surface area contributed by atoms with E-state index in [0.717, 1.165) is 109 Å². The molecule has 0 bridgehead atoms. The van der Waals surface area contributed by atoms with E-state index in [9.17, 15) is 14.4 Å². The molecule has 0 saturated heterocycles. The third-order valence-corrected chi connectivity index (χ3v) is 13.4. The smallest absolute Gasteiger partial charge is 0.306 e. The first-order chi connectivity index (χ1) is 36.0. The van der Waals surface area contributed by atoms with Gasteiger partial charge in [0.25, 0.3) is 0 Å². The van der Waals surface area contributed by atoms with Gasteiger partial charge in [-0.1, -0.05) is 273 Å². The molecule has 6 heteroatoms. The van der Waals surface area contributed by atoms with Gasteiger partial charge < -0.3 is 14.2 Å². The average molecular weight is 1020 g/mol. The van der Waals surface area contributed by atoms with E-state index < -0.39 is 6.10 Å². The van der Waals surface area contributed by atoms with Crippen LogP contribution in [0.2, 0.25) is 0 Å². The number of ether oxygens (including phenoxy) is 3. The second-order valence-corrected chi connectivity index (χ2v) is 20.6. The summed E-state index contributed by atoms with van der Waals surface area (Å²) in [6.45, 7) is 6.50. The van der Waals surface area contributed by atoms with E-state index in [2.05, 4.69) is 106 Å². The standard InChI is InChI=1S/C67H116O6/c1-4-7-10-13-16-19-22-25-28-31-33-36-39-42-45-48-51-54-57-60-66(69)72-63-64(62-71-65(68)59-56-53-50-47-44-41-38-35-30-27-24-21-18-15-12-9-6-3)73-67(70)61-58-55-52-49-46-43-40-37-34-32-29-26-23-20-17-14-11-8-5-2/h7,10,16,18-19,21,25,27-28,30,33,36,42,45,64H,4-6,8-9,11-15,17,20,22-24,26,29,31-32,34-35,37-41,43-44,46-63H2,1-3H3/b10-7+,19-16+,21-18+,28-25+,30-27+,36-33+,45-42+/t64-/m1/s1. The maximum atomic E-state index is 12.9. The number of esters is 3. The van der Waals surface area contributed by atoms with Gasteiger partial charge in [0, 0.05) is 19.3 Å². The molecule has 420 valence electrons. The summed E-state index contributed by atoms with van der Waals surface area (Å²) in [5.41, 5.74) is 0. The lowest BCUT2D eigenvalue weighted by molar-refractivity contribution is -0.167. The van der Waals surface area contributed by atoms with Crippen LogP contribution in [0.25, 0.3) is 0 Å². The van der Waals surface area contributed by atoms with Crippen LogP contribution in [-0.2, 0) is 28.6 Å². The van der Waals surface area contributed by atoms with Crippen molar-refractivity contribution >= 4 is 17.9 Å². The van der Waals surface area contributed by atoms with Crippen LogP contribution < -0.4 is 0 Å². The first-order valence-corrected chi connectivity index (χ1v) is 31.1. The zero-order valence-corrected chi connectivity index (χ0v) is 48.1. The van der Waals surface area contributed by atoms with Crippen molar-refractivity contribution in [2.45, 2.75) is 309 Å². The Balaban J connectivity index is 4.43. The molecule has 0 radical (unpaired) electrons. The summed E-state index contributed by atoms with van der Waals surface area (Å²) >= 11 is 0. The third-order valence-electron chi connectivity index (χ3n) is 13.4. The predicted molar refractivity (Wildman–Crippen MR) is 316 cm³/mol. The highest BCUT2D eigenvalue weighted by Crippen LogP contribution is 2.16. The highest BCUT2D eigenvalue weighted by atomic mass is 16.6. The Morgan fingerprint density at radius 1 is 0.288 bits per heavy atom. The molecule has 0 saturated carbocycles. The van der Waals surface area contributed by atoms with Crippen LogP contribution in [-0.4, -0.2) is 37.2 Å². The lowest BCUT2D eigenvalue weighted by atomic mass is 10.0. The Morgan fingerprint density at radius 2 is 0.534 bits per heavy atom. The molecule has 1 atom stereocenters. The molecule has 6 nitrogen and oxygen atoms in total. The minimum Gasteiger partial charge on any atom is -0.462 e. The molecule has 0 heterocycles. The van der Waals surface area contributed by atoms with Crippen molar-refractivity contribution in [3.63, 3.8) is 0 Å². The summed E-state index contributed by atoms with van der Waals surface area (Å²) in [5.74, 6) is -0.916. The van der Waals surface area contributed by atoms with Crippen LogP contribution >= 0.6 is 0 Å². The molecule has 0 aliphatic rings. The number of carbonyl (C=O) groups is 3. The van der Waals surface area contributed by atoms with Crippen molar-refractivity contribution < 1.29 is 28.6 Å². The van der Waals surface area contributed by atoms with Gasteiger partial charge in [0.2, 0.25) is 0 Å². The number of hydrogen-bond donors (Lipinski definition) is 0. The van der Waals surface area contributed by atoms with Crippen molar-refractivity contribution in [2.24, 2.45) is 0 Å². The summed E-state index contributed by atoms with van der Waals surface area (Å²) in [6.07, 6.45) is 80.1. The molecule has 0 aromatic carbocycles. The van der Waals surface area contributed by atoms with Crippen molar-refractivity contribution in [3.8, 4) is 0 Å². The Hall–Kier alpha value is -3.41. The largest absolute Gasteiger partial charge is 0.462 e. The van der Waals surface area contributed by atoms with E-state index in [-0.39, 0.29) is 31.1 Å². The monoisotopic (exact) mass is 1020 g/mol. The summed E-state index contributed by atoms with van der Waals surface area (Å²) in [4.78, 5) is 38.3. The number of rotatable bonds is 56. The Morgan fingerprint density at radius 3 is 0.877 bits per heavy atom. The van der Waals surface area contributed by atoms with Gasteiger partial charge in [-0.15, -0.1) is 0 Å². The molecule has 0 spiro atoms. The van der Waals surface area contributed by atoms with Gasteiger partial charge >= 0.3 is 17.9 Å². The molecule has 0 aromatic rings. The van der Waals surface area contributed by atoms with Crippen LogP contribution in [0.3, 0.4) is 0 Å². The SMILES string of the molecule is CC/C=C/C/C=C/C/C=C/C/C=C/C/C=C/CCCCCC(=O)OC[C@@H](COC(=O)CCCCCCCCC/C=C/C/C=C/CCCCC)OC(=O)CCCCCCCCCCCCCCCCCCCCC. The lowest BCUT2D eigenvalue weighted by Gasteiger charge is -2.18. The second-order valence-electron chi connectivity index (χ2n) is 20.6. The zero-order chi connectivity index (χ0) is 52.9. The Kier molecular flexibility index (Phi) is 58.3. The fourth-order valence-corrected chi connectivity index (χ4v) is 8.74. The number of allylic oxidation sites excluding steroid dienone is 14. The highest BCUT2D eigenvalue weighted by molar-refractivity contribution is 5.71. The van der Waals surface area contributed by atoms with Gasteiger partial charge in [0.1, 0.15) is 13.2 Å². The summed E-state index contributed by atoms with van der Waals surface area (Å²) in [5, 5.41) is 0. The summed E-state index contributed by atoms with van der Waals surface area (Å²) in [7, 11) is 0. The fraction of sp³-hybridized carbons (Fsp3) is 0.746. The highest BCUT2D eigenvalue weighted by Gasteiger charge is 2.19. The zero-order valence-electron chi connectivity index (χ0n) is 48.1. The van der Waals surface area contributed by atoms with E-state index in [4.69, 9.17) is 14.2 Å². The van der Waals surface area contributed by atoms with Gasteiger partial charge in [0.05, 0.1) is 0 Å². The van der Waals surface area contributed by atoms with Crippen molar-refractivity contribution in [2.75, 3.05) is 13.2 Å². The maximum absolute atomic E-state index is 12.9.